The highest BCUT2D eigenvalue weighted by molar-refractivity contribution is 5.77. The lowest BCUT2D eigenvalue weighted by Gasteiger charge is -2.63. The highest BCUT2D eigenvalue weighted by atomic mass is 16.8. The molecule has 314 valence electrons. The van der Waals surface area contributed by atoms with E-state index < -0.39 is 123 Å². The SMILES string of the molecule is C=C1C[C@@]23CC[C@H]4[C@@](C)(CCC[C@@]4(C)C(=O)O[C@@H]4O[C@H](CO)[C@@H](O)[C@H](O)[C@H]4O[C@@H]4O[C@H](CO)[C@@H](O)[C@H](O)[C@H]4O[C@@H]4O[C@H](CO)[C@@H](O)[C@H](O)[C@H]4O)[C@@H]2CC[C@@H]1C3. The zero-order valence-electron chi connectivity index (χ0n) is 31.4. The number of carbonyl (C=O) groups is 1. The predicted octanol–water partition coefficient (Wildman–Crippen LogP) is -2.05. The van der Waals surface area contributed by atoms with Gasteiger partial charge in [0.2, 0.25) is 6.29 Å². The minimum atomic E-state index is -1.93. The van der Waals surface area contributed by atoms with Gasteiger partial charge in [-0.3, -0.25) is 4.79 Å². The molecule has 0 radical (unpaired) electrons. The molecule has 0 amide bonds. The van der Waals surface area contributed by atoms with Crippen LogP contribution in [0.1, 0.15) is 71.6 Å². The fraction of sp³-hybridized carbons (Fsp3) is 0.921. The molecule has 0 aromatic carbocycles. The second-order valence-electron chi connectivity index (χ2n) is 17.8. The van der Waals surface area contributed by atoms with Gasteiger partial charge < -0.3 is 79.5 Å². The highest BCUT2D eigenvalue weighted by Gasteiger charge is 2.66. The number of allylic oxidation sites excluding steroid dienone is 1. The van der Waals surface area contributed by atoms with Gasteiger partial charge in [0.05, 0.1) is 25.2 Å². The summed E-state index contributed by atoms with van der Waals surface area (Å²) in [6.45, 7) is 6.26. The van der Waals surface area contributed by atoms with Crippen LogP contribution in [0.2, 0.25) is 0 Å². The average Bonchev–Trinajstić information content (AvgIpc) is 3.39. The standard InChI is InChI=1S/C38H60O17/c1-16-11-38-10-7-21-36(2,22(38)6-5-17(16)12-38)8-4-9-37(21,3)35(49)55-34-31(28(47)25(44)20(15-41)52-34)54-33-30(27(46)24(43)19(14-40)51-33)53-32-29(48)26(45)23(42)18(13-39)50-32/h17-34,39-48H,1,4-15H2,2-3H3/t17-,18-,19-,20-,21+,22+,23-,24-,25-,26+,27+,28+,29-,30-,31-,32+,33+,34+,36-,37-,38-/m1/s1. The first kappa shape index (κ1) is 41.8. The van der Waals surface area contributed by atoms with E-state index >= 15 is 0 Å². The largest absolute Gasteiger partial charge is 0.432 e. The number of hydrogen-bond acceptors (Lipinski definition) is 17. The van der Waals surface area contributed by atoms with Crippen LogP contribution in [-0.2, 0) is 33.2 Å². The van der Waals surface area contributed by atoms with Crippen molar-refractivity contribution in [3.05, 3.63) is 12.2 Å². The van der Waals surface area contributed by atoms with Crippen molar-refractivity contribution in [2.75, 3.05) is 19.8 Å². The number of aliphatic hydroxyl groups excluding tert-OH is 10. The number of ether oxygens (including phenoxy) is 6. The van der Waals surface area contributed by atoms with Crippen LogP contribution in [-0.4, -0.2) is 169 Å². The molecule has 21 atom stereocenters. The smallest absolute Gasteiger partial charge is 0.314 e. The third kappa shape index (κ3) is 6.91. The fourth-order valence-electron chi connectivity index (χ4n) is 11.9. The molecule has 17 heteroatoms. The second-order valence-corrected chi connectivity index (χ2v) is 17.8. The van der Waals surface area contributed by atoms with Crippen LogP contribution in [0, 0.1) is 34.0 Å². The van der Waals surface area contributed by atoms with Gasteiger partial charge in [0.1, 0.15) is 67.1 Å². The molecule has 3 heterocycles. The summed E-state index contributed by atoms with van der Waals surface area (Å²) in [4.78, 5) is 14.6. The van der Waals surface area contributed by atoms with Gasteiger partial charge in [0.15, 0.2) is 18.7 Å². The monoisotopic (exact) mass is 788 g/mol. The van der Waals surface area contributed by atoms with Crippen LogP contribution in [0.25, 0.3) is 0 Å². The summed E-state index contributed by atoms with van der Waals surface area (Å²) in [5.74, 6) is 0.342. The Kier molecular flexibility index (Phi) is 11.9. The number of hydrogen-bond donors (Lipinski definition) is 10. The van der Waals surface area contributed by atoms with Crippen molar-refractivity contribution in [3.8, 4) is 0 Å². The molecule has 7 aliphatic rings. The summed E-state index contributed by atoms with van der Waals surface area (Å²) in [6.07, 6.45) is -17.7. The summed E-state index contributed by atoms with van der Waals surface area (Å²) in [5, 5.41) is 105. The Morgan fingerprint density at radius 3 is 1.84 bits per heavy atom. The quantitative estimate of drug-likeness (QED) is 0.0889. The van der Waals surface area contributed by atoms with E-state index in [0.29, 0.717) is 18.3 Å². The highest BCUT2D eigenvalue weighted by Crippen LogP contribution is 2.72. The Morgan fingerprint density at radius 1 is 0.673 bits per heavy atom. The Morgan fingerprint density at radius 2 is 1.22 bits per heavy atom. The van der Waals surface area contributed by atoms with Crippen molar-refractivity contribution in [2.45, 2.75) is 164 Å². The molecule has 55 heavy (non-hydrogen) atoms. The van der Waals surface area contributed by atoms with E-state index in [2.05, 4.69) is 13.5 Å². The van der Waals surface area contributed by atoms with Gasteiger partial charge in [-0.15, -0.1) is 0 Å². The van der Waals surface area contributed by atoms with Gasteiger partial charge in [-0.05, 0) is 86.9 Å². The molecule has 3 aliphatic heterocycles. The third-order valence-electron chi connectivity index (χ3n) is 14.8. The normalized spacial score (nSPS) is 54.0. The number of carbonyl (C=O) groups excluding carboxylic acids is 1. The van der Waals surface area contributed by atoms with Crippen molar-refractivity contribution in [1.29, 1.82) is 0 Å². The van der Waals surface area contributed by atoms with E-state index in [9.17, 15) is 55.9 Å². The van der Waals surface area contributed by atoms with E-state index in [4.69, 9.17) is 28.4 Å². The van der Waals surface area contributed by atoms with Crippen LogP contribution < -0.4 is 0 Å². The van der Waals surface area contributed by atoms with E-state index in [1.165, 1.54) is 5.57 Å². The lowest BCUT2D eigenvalue weighted by molar-refractivity contribution is -0.391. The molecule has 0 aromatic heterocycles. The summed E-state index contributed by atoms with van der Waals surface area (Å²) in [5.41, 5.74) is 0.417. The lowest BCUT2D eigenvalue weighted by Crippen LogP contribution is -2.67. The number of esters is 1. The molecule has 4 aliphatic carbocycles. The summed E-state index contributed by atoms with van der Waals surface area (Å²) >= 11 is 0. The molecular weight excluding hydrogens is 728 g/mol. The van der Waals surface area contributed by atoms with Gasteiger partial charge in [0.25, 0.3) is 0 Å². The molecule has 0 aromatic rings. The molecule has 1 spiro atoms. The van der Waals surface area contributed by atoms with E-state index in [1.807, 2.05) is 6.92 Å². The van der Waals surface area contributed by atoms with E-state index in [1.54, 1.807) is 0 Å². The topological polar surface area (TPSA) is 275 Å². The molecule has 7 fully saturated rings. The average molecular weight is 789 g/mol. The third-order valence-corrected chi connectivity index (χ3v) is 14.8. The minimum Gasteiger partial charge on any atom is -0.432 e. The van der Waals surface area contributed by atoms with Crippen LogP contribution in [0.4, 0.5) is 0 Å². The second kappa shape index (κ2) is 15.7. The zero-order valence-corrected chi connectivity index (χ0v) is 31.4. The first-order valence-electron chi connectivity index (χ1n) is 19.8. The summed E-state index contributed by atoms with van der Waals surface area (Å²) < 4.78 is 35.0. The number of rotatable bonds is 9. The van der Waals surface area contributed by atoms with Crippen LogP contribution in [0.3, 0.4) is 0 Å². The zero-order chi connectivity index (χ0) is 39.8. The van der Waals surface area contributed by atoms with Gasteiger partial charge in [0, 0.05) is 0 Å². The maximum Gasteiger partial charge on any atom is 0.314 e. The Balaban J connectivity index is 1.14. The van der Waals surface area contributed by atoms with Crippen molar-refractivity contribution in [3.63, 3.8) is 0 Å². The molecule has 7 rings (SSSR count). The van der Waals surface area contributed by atoms with Crippen molar-refractivity contribution >= 4 is 5.97 Å². The van der Waals surface area contributed by atoms with Crippen LogP contribution in [0.5, 0.6) is 0 Å². The van der Waals surface area contributed by atoms with Gasteiger partial charge >= 0.3 is 5.97 Å². The van der Waals surface area contributed by atoms with Crippen molar-refractivity contribution < 1.29 is 84.3 Å². The molecule has 3 saturated heterocycles. The lowest BCUT2D eigenvalue weighted by atomic mass is 9.41. The summed E-state index contributed by atoms with van der Waals surface area (Å²) in [6, 6.07) is 0. The van der Waals surface area contributed by atoms with Crippen LogP contribution in [0.15, 0.2) is 12.2 Å². The molecule has 4 saturated carbocycles. The molecular formula is C38H60O17. The Bertz CT molecular complexity index is 1400. The maximum absolute atomic E-state index is 14.6. The number of fused-ring (bicyclic) bond motifs is 3. The minimum absolute atomic E-state index is 0.0330. The molecule has 10 N–H and O–H groups in total. The van der Waals surface area contributed by atoms with Crippen LogP contribution >= 0.6 is 0 Å². The van der Waals surface area contributed by atoms with Crippen molar-refractivity contribution in [1.82, 2.24) is 0 Å². The first-order chi connectivity index (χ1) is 26.0. The van der Waals surface area contributed by atoms with Gasteiger partial charge in [-0.2, -0.15) is 0 Å². The van der Waals surface area contributed by atoms with E-state index in [0.717, 1.165) is 51.4 Å². The van der Waals surface area contributed by atoms with E-state index in [-0.39, 0.29) is 16.7 Å². The Labute approximate surface area is 319 Å². The predicted molar refractivity (Wildman–Crippen MR) is 185 cm³/mol. The van der Waals surface area contributed by atoms with Crippen molar-refractivity contribution in [2.24, 2.45) is 34.0 Å². The first-order valence-corrected chi connectivity index (χ1v) is 19.8. The Hall–Kier alpha value is -1.39. The fourth-order valence-corrected chi connectivity index (χ4v) is 11.9. The number of aliphatic hydroxyl groups is 10. The van der Waals surface area contributed by atoms with Gasteiger partial charge in [-0.25, -0.2) is 0 Å². The maximum atomic E-state index is 14.6. The van der Waals surface area contributed by atoms with Gasteiger partial charge in [-0.1, -0.05) is 25.5 Å². The molecule has 2 bridgehead atoms. The summed E-state index contributed by atoms with van der Waals surface area (Å²) in [7, 11) is 0. The molecule has 17 nitrogen and oxygen atoms in total. The molecule has 0 unspecified atom stereocenters.